The molecule has 1 atom stereocenters. The van der Waals surface area contributed by atoms with Crippen LogP contribution in [-0.2, 0) is 4.79 Å². The summed E-state index contributed by atoms with van der Waals surface area (Å²) in [5, 5.41) is 20.0. The van der Waals surface area contributed by atoms with E-state index in [1.807, 2.05) is 43.3 Å². The molecule has 27 heavy (non-hydrogen) atoms. The zero-order valence-corrected chi connectivity index (χ0v) is 15.9. The van der Waals surface area contributed by atoms with Crippen LogP contribution in [0, 0.1) is 6.92 Å². The molecule has 5 rings (SSSR count). The first kappa shape index (κ1) is 16.1. The van der Waals surface area contributed by atoms with Crippen LogP contribution in [0.4, 0.5) is 5.82 Å². The Kier molecular flexibility index (Phi) is 3.57. The molecule has 0 spiro atoms. The predicted octanol–water partition coefficient (Wildman–Crippen LogP) is 2.86. The van der Waals surface area contributed by atoms with Gasteiger partial charge in [-0.05, 0) is 30.7 Å². The summed E-state index contributed by atoms with van der Waals surface area (Å²) in [6, 6.07) is 11.6. The molecule has 4 heterocycles. The normalized spacial score (nSPS) is 16.4. The Hall–Kier alpha value is -3.07. The second-order valence-electron chi connectivity index (χ2n) is 6.41. The van der Waals surface area contributed by atoms with Crippen molar-refractivity contribution >= 4 is 33.3 Å². The average Bonchev–Trinajstić information content (AvgIpc) is 3.25. The molecular weight excluding hydrogens is 410 g/mol. The van der Waals surface area contributed by atoms with E-state index >= 15 is 0 Å². The first-order valence-electron chi connectivity index (χ1n) is 8.43. The molecule has 0 saturated heterocycles. The first-order chi connectivity index (χ1) is 13.1. The summed E-state index contributed by atoms with van der Waals surface area (Å²) in [7, 11) is 0. The van der Waals surface area contributed by atoms with E-state index in [2.05, 4.69) is 41.6 Å². The lowest BCUT2D eigenvalue weighted by Gasteiger charge is -2.25. The summed E-state index contributed by atoms with van der Waals surface area (Å²) >= 11 is 3.61. The lowest BCUT2D eigenvalue weighted by molar-refractivity contribution is -0.116. The molecule has 0 radical (unpaired) electrons. The molecule has 1 amide bonds. The molecule has 0 aliphatic carbocycles. The molecule has 1 N–H and O–H groups in total. The summed E-state index contributed by atoms with van der Waals surface area (Å²) in [5.41, 5.74) is 3.58. The number of fused-ring (bicyclic) bond motifs is 2. The van der Waals surface area contributed by atoms with E-state index in [0.717, 1.165) is 21.3 Å². The zero-order valence-electron chi connectivity index (χ0n) is 14.3. The highest BCUT2D eigenvalue weighted by atomic mass is 79.9. The minimum atomic E-state index is -0.0725. The highest BCUT2D eigenvalue weighted by Crippen LogP contribution is 2.42. The highest BCUT2D eigenvalue weighted by Gasteiger charge is 2.33. The third-order valence-electron chi connectivity index (χ3n) is 4.75. The Bertz CT molecular complexity index is 1200. The maximum atomic E-state index is 12.5. The average molecular weight is 424 g/mol. The second kappa shape index (κ2) is 5.98. The zero-order chi connectivity index (χ0) is 18.5. The van der Waals surface area contributed by atoms with Crippen LogP contribution in [0.15, 0.2) is 47.2 Å². The molecule has 0 fully saturated rings. The van der Waals surface area contributed by atoms with Gasteiger partial charge < -0.3 is 5.32 Å². The smallest absolute Gasteiger partial charge is 0.226 e. The van der Waals surface area contributed by atoms with Crippen molar-refractivity contribution < 1.29 is 4.79 Å². The van der Waals surface area contributed by atoms with Gasteiger partial charge in [-0.25, -0.2) is 0 Å². The van der Waals surface area contributed by atoms with Crippen molar-refractivity contribution in [2.24, 2.45) is 0 Å². The Morgan fingerprint density at radius 1 is 1.19 bits per heavy atom. The van der Waals surface area contributed by atoms with Crippen LogP contribution in [-0.4, -0.2) is 35.5 Å². The Morgan fingerprint density at radius 3 is 2.89 bits per heavy atom. The standard InChI is InChI=1S/C18H14BrN7O/c1-10-17-12(11-4-2-3-5-13(11)19)8-16(27)21-18(17)26(23-10)15-7-6-14-22-20-9-25(14)24-15/h2-7,9,12H,8H2,1H3,(H,21,27). The van der Waals surface area contributed by atoms with Crippen LogP contribution < -0.4 is 5.32 Å². The van der Waals surface area contributed by atoms with E-state index in [0.29, 0.717) is 23.7 Å². The molecule has 1 aliphatic rings. The lowest BCUT2D eigenvalue weighted by Crippen LogP contribution is -2.25. The summed E-state index contributed by atoms with van der Waals surface area (Å²) in [5.74, 6) is 1.12. The quantitative estimate of drug-likeness (QED) is 0.535. The number of aryl methyl sites for hydroxylation is 1. The van der Waals surface area contributed by atoms with Gasteiger partial charge in [0.2, 0.25) is 5.91 Å². The van der Waals surface area contributed by atoms with Gasteiger partial charge in [-0.1, -0.05) is 34.1 Å². The van der Waals surface area contributed by atoms with E-state index < -0.39 is 0 Å². The molecule has 0 saturated carbocycles. The molecule has 4 aromatic rings. The Morgan fingerprint density at radius 2 is 2.04 bits per heavy atom. The summed E-state index contributed by atoms with van der Waals surface area (Å²) in [4.78, 5) is 12.5. The number of hydrogen-bond donors (Lipinski definition) is 1. The highest BCUT2D eigenvalue weighted by molar-refractivity contribution is 9.10. The maximum absolute atomic E-state index is 12.5. The van der Waals surface area contributed by atoms with Crippen molar-refractivity contribution in [2.75, 3.05) is 5.32 Å². The number of aromatic nitrogens is 6. The molecule has 3 aromatic heterocycles. The lowest BCUT2D eigenvalue weighted by atomic mass is 9.86. The van der Waals surface area contributed by atoms with Gasteiger partial charge in [-0.2, -0.15) is 14.3 Å². The molecule has 1 unspecified atom stereocenters. The molecule has 1 aliphatic heterocycles. The Balaban J connectivity index is 1.70. The second-order valence-corrected chi connectivity index (χ2v) is 7.27. The fourth-order valence-electron chi connectivity index (χ4n) is 3.57. The van der Waals surface area contributed by atoms with Gasteiger partial charge in [0.1, 0.15) is 12.1 Å². The van der Waals surface area contributed by atoms with Gasteiger partial charge in [0, 0.05) is 22.4 Å². The number of amides is 1. The summed E-state index contributed by atoms with van der Waals surface area (Å²) < 4.78 is 4.23. The van der Waals surface area contributed by atoms with Crippen molar-refractivity contribution in [3.8, 4) is 5.82 Å². The molecule has 134 valence electrons. The Labute approximate surface area is 162 Å². The monoisotopic (exact) mass is 423 g/mol. The first-order valence-corrected chi connectivity index (χ1v) is 9.22. The predicted molar refractivity (Wildman–Crippen MR) is 102 cm³/mol. The molecular formula is C18H14BrN7O. The topological polar surface area (TPSA) is 90.0 Å². The van der Waals surface area contributed by atoms with Gasteiger partial charge in [0.15, 0.2) is 11.5 Å². The van der Waals surface area contributed by atoms with Gasteiger partial charge >= 0.3 is 0 Å². The summed E-state index contributed by atoms with van der Waals surface area (Å²) in [6.07, 6.45) is 1.91. The third-order valence-corrected chi connectivity index (χ3v) is 5.47. The van der Waals surface area contributed by atoms with Gasteiger partial charge in [-0.3, -0.25) is 4.79 Å². The van der Waals surface area contributed by atoms with E-state index in [-0.39, 0.29) is 11.8 Å². The van der Waals surface area contributed by atoms with Gasteiger partial charge in [-0.15, -0.1) is 15.3 Å². The minimum absolute atomic E-state index is 0.0465. The fourth-order valence-corrected chi connectivity index (χ4v) is 4.13. The number of nitrogens with zero attached hydrogens (tertiary/aromatic N) is 6. The number of carbonyl (C=O) groups is 1. The van der Waals surface area contributed by atoms with E-state index in [4.69, 9.17) is 0 Å². The van der Waals surface area contributed by atoms with Crippen molar-refractivity contribution in [1.82, 2.24) is 29.6 Å². The number of hydrogen-bond acceptors (Lipinski definition) is 5. The van der Waals surface area contributed by atoms with Crippen LogP contribution >= 0.6 is 15.9 Å². The minimum Gasteiger partial charge on any atom is -0.310 e. The number of carbonyl (C=O) groups excluding carboxylic acids is 1. The number of benzene rings is 1. The van der Waals surface area contributed by atoms with Crippen LogP contribution in [0.25, 0.3) is 11.5 Å². The van der Waals surface area contributed by atoms with Crippen molar-refractivity contribution in [3.05, 3.63) is 64.0 Å². The van der Waals surface area contributed by atoms with Gasteiger partial charge in [0.05, 0.1) is 5.69 Å². The van der Waals surface area contributed by atoms with Crippen LogP contribution in [0.5, 0.6) is 0 Å². The van der Waals surface area contributed by atoms with E-state index in [1.165, 1.54) is 6.33 Å². The van der Waals surface area contributed by atoms with Crippen molar-refractivity contribution in [2.45, 2.75) is 19.3 Å². The largest absolute Gasteiger partial charge is 0.310 e. The summed E-state index contributed by atoms with van der Waals surface area (Å²) in [6.45, 7) is 1.95. The van der Waals surface area contributed by atoms with E-state index in [1.54, 1.807) is 9.20 Å². The maximum Gasteiger partial charge on any atom is 0.226 e. The van der Waals surface area contributed by atoms with Crippen LogP contribution in [0.3, 0.4) is 0 Å². The van der Waals surface area contributed by atoms with Crippen LogP contribution in [0.2, 0.25) is 0 Å². The number of rotatable bonds is 2. The molecule has 8 nitrogen and oxygen atoms in total. The fraction of sp³-hybridized carbons (Fsp3) is 0.167. The van der Waals surface area contributed by atoms with Crippen LogP contribution in [0.1, 0.15) is 29.2 Å². The van der Waals surface area contributed by atoms with Gasteiger partial charge in [0.25, 0.3) is 0 Å². The van der Waals surface area contributed by atoms with Crippen molar-refractivity contribution in [1.29, 1.82) is 0 Å². The van der Waals surface area contributed by atoms with E-state index in [9.17, 15) is 4.79 Å². The third kappa shape index (κ3) is 2.54. The molecule has 1 aromatic carbocycles. The molecule has 0 bridgehead atoms. The number of anilines is 1. The number of halogens is 1. The SMILES string of the molecule is Cc1nn(-c2ccc3nncn3n2)c2c1C(c1ccccc1Br)CC(=O)N2. The number of nitrogens with one attached hydrogen (secondary N) is 1. The van der Waals surface area contributed by atoms with Crippen molar-refractivity contribution in [3.63, 3.8) is 0 Å². The molecule has 9 heteroatoms.